The van der Waals surface area contributed by atoms with Gasteiger partial charge in [-0.05, 0) is 20.3 Å². The zero-order chi connectivity index (χ0) is 11.6. The fourth-order valence-corrected chi connectivity index (χ4v) is 1.15. The van der Waals surface area contributed by atoms with Crippen LogP contribution in [-0.2, 0) is 19.2 Å². The van der Waals surface area contributed by atoms with Crippen molar-refractivity contribution in [2.75, 3.05) is 0 Å². The molecule has 1 aliphatic heterocycles. The molecule has 0 N–H and O–H groups in total. The van der Waals surface area contributed by atoms with Gasteiger partial charge in [-0.25, -0.2) is 4.79 Å². The molecule has 2 amide bonds. The number of hydroxylamine groups is 2. The Morgan fingerprint density at radius 3 is 2.07 bits per heavy atom. The molecule has 0 saturated heterocycles. The average molecular weight is 211 g/mol. The fourth-order valence-electron chi connectivity index (χ4n) is 1.15. The summed E-state index contributed by atoms with van der Waals surface area (Å²) < 4.78 is 0. The van der Waals surface area contributed by atoms with Crippen LogP contribution in [0, 0.1) is 0 Å². The third-order valence-corrected chi connectivity index (χ3v) is 2.22. The molecule has 0 aliphatic carbocycles. The molecule has 1 aliphatic rings. The summed E-state index contributed by atoms with van der Waals surface area (Å²) in [5.74, 6) is -1.68. The smallest absolute Gasteiger partial charge is 0.330 e. The second-order valence-corrected chi connectivity index (χ2v) is 3.37. The van der Waals surface area contributed by atoms with Crippen LogP contribution in [0.15, 0.2) is 11.1 Å². The van der Waals surface area contributed by atoms with Crippen LogP contribution in [0.25, 0.3) is 0 Å². The quantitative estimate of drug-likeness (QED) is 0.652. The Bertz CT molecular complexity index is 332. The largest absolute Gasteiger partial charge is 0.333 e. The SMILES string of the molecule is CCCC(=O)ON1C(=O)C(C)=C(C)C1=O. The molecule has 82 valence electrons. The Labute approximate surface area is 87.6 Å². The summed E-state index contributed by atoms with van der Waals surface area (Å²) in [5, 5.41) is 0.530. The van der Waals surface area contributed by atoms with Gasteiger partial charge < -0.3 is 4.84 Å². The Kier molecular flexibility index (Phi) is 3.24. The topological polar surface area (TPSA) is 63.7 Å². The van der Waals surface area contributed by atoms with E-state index in [1.807, 2.05) is 6.92 Å². The normalized spacial score (nSPS) is 16.3. The highest BCUT2D eigenvalue weighted by Crippen LogP contribution is 2.20. The van der Waals surface area contributed by atoms with Gasteiger partial charge in [0.15, 0.2) is 0 Å². The molecular weight excluding hydrogens is 198 g/mol. The highest BCUT2D eigenvalue weighted by Gasteiger charge is 2.36. The Morgan fingerprint density at radius 1 is 1.20 bits per heavy atom. The van der Waals surface area contributed by atoms with E-state index in [0.29, 0.717) is 22.6 Å². The second-order valence-electron chi connectivity index (χ2n) is 3.37. The van der Waals surface area contributed by atoms with Crippen molar-refractivity contribution in [3.05, 3.63) is 11.1 Å². The van der Waals surface area contributed by atoms with Gasteiger partial charge in [-0.2, -0.15) is 0 Å². The number of nitrogens with zero attached hydrogens (tertiary/aromatic N) is 1. The van der Waals surface area contributed by atoms with E-state index in [4.69, 9.17) is 0 Å². The van der Waals surface area contributed by atoms with E-state index >= 15 is 0 Å². The lowest BCUT2D eigenvalue weighted by Crippen LogP contribution is -2.34. The molecule has 0 spiro atoms. The number of hydrogen-bond acceptors (Lipinski definition) is 4. The highest BCUT2D eigenvalue weighted by molar-refractivity contribution is 6.18. The van der Waals surface area contributed by atoms with Gasteiger partial charge in [0.05, 0.1) is 0 Å². The Balaban J connectivity index is 2.72. The lowest BCUT2D eigenvalue weighted by atomic mass is 10.2. The maximum Gasteiger partial charge on any atom is 0.333 e. The van der Waals surface area contributed by atoms with Gasteiger partial charge in [-0.3, -0.25) is 9.59 Å². The molecule has 5 nitrogen and oxygen atoms in total. The molecular formula is C10H13NO4. The maximum atomic E-state index is 11.4. The lowest BCUT2D eigenvalue weighted by Gasteiger charge is -2.12. The van der Waals surface area contributed by atoms with E-state index in [2.05, 4.69) is 4.84 Å². The van der Waals surface area contributed by atoms with Crippen molar-refractivity contribution in [1.82, 2.24) is 5.06 Å². The lowest BCUT2D eigenvalue weighted by molar-refractivity contribution is -0.196. The van der Waals surface area contributed by atoms with Crippen molar-refractivity contribution in [1.29, 1.82) is 0 Å². The van der Waals surface area contributed by atoms with E-state index in [0.717, 1.165) is 0 Å². The predicted molar refractivity (Wildman–Crippen MR) is 51.2 cm³/mol. The van der Waals surface area contributed by atoms with Crippen LogP contribution in [0.1, 0.15) is 33.6 Å². The number of amides is 2. The first kappa shape index (κ1) is 11.4. The second kappa shape index (κ2) is 4.25. The summed E-state index contributed by atoms with van der Waals surface area (Å²) in [6, 6.07) is 0. The molecule has 0 fully saturated rings. The molecule has 0 aromatic rings. The Hall–Kier alpha value is -1.65. The van der Waals surface area contributed by atoms with Crippen molar-refractivity contribution in [3.8, 4) is 0 Å². The average Bonchev–Trinajstić information content (AvgIpc) is 2.36. The van der Waals surface area contributed by atoms with Crippen molar-refractivity contribution in [2.45, 2.75) is 33.6 Å². The van der Waals surface area contributed by atoms with Crippen LogP contribution in [0.5, 0.6) is 0 Å². The van der Waals surface area contributed by atoms with Crippen LogP contribution in [0.3, 0.4) is 0 Å². The van der Waals surface area contributed by atoms with Crippen molar-refractivity contribution >= 4 is 17.8 Å². The zero-order valence-electron chi connectivity index (χ0n) is 8.99. The summed E-state index contributed by atoms with van der Waals surface area (Å²) in [6.07, 6.45) is 0.801. The predicted octanol–water partition coefficient (Wildman–Crippen LogP) is 0.950. The van der Waals surface area contributed by atoms with Crippen LogP contribution in [0.2, 0.25) is 0 Å². The molecule has 0 atom stereocenters. The molecule has 0 bridgehead atoms. The molecule has 1 heterocycles. The van der Waals surface area contributed by atoms with Crippen LogP contribution in [-0.4, -0.2) is 22.8 Å². The van der Waals surface area contributed by atoms with Crippen LogP contribution >= 0.6 is 0 Å². The monoisotopic (exact) mass is 211 g/mol. The third-order valence-electron chi connectivity index (χ3n) is 2.22. The van der Waals surface area contributed by atoms with Crippen LogP contribution < -0.4 is 0 Å². The van der Waals surface area contributed by atoms with E-state index < -0.39 is 17.8 Å². The van der Waals surface area contributed by atoms with Gasteiger partial charge in [-0.15, -0.1) is 0 Å². The van der Waals surface area contributed by atoms with Gasteiger partial charge in [0, 0.05) is 17.6 Å². The Morgan fingerprint density at radius 2 is 1.67 bits per heavy atom. The van der Waals surface area contributed by atoms with E-state index in [1.165, 1.54) is 13.8 Å². The van der Waals surface area contributed by atoms with Crippen molar-refractivity contribution in [2.24, 2.45) is 0 Å². The van der Waals surface area contributed by atoms with E-state index in [1.54, 1.807) is 0 Å². The molecule has 0 saturated carbocycles. The number of carbonyl (C=O) groups excluding carboxylic acids is 3. The molecule has 0 aromatic carbocycles. The number of rotatable bonds is 3. The minimum Gasteiger partial charge on any atom is -0.330 e. The summed E-state index contributed by atoms with van der Waals surface area (Å²) >= 11 is 0. The molecule has 0 radical (unpaired) electrons. The molecule has 15 heavy (non-hydrogen) atoms. The minimum absolute atomic E-state index is 0.190. The first-order chi connectivity index (χ1) is 6.99. The summed E-state index contributed by atoms with van der Waals surface area (Å²) in [6.45, 7) is 4.87. The number of imide groups is 1. The molecule has 0 unspecified atom stereocenters. The highest BCUT2D eigenvalue weighted by atomic mass is 16.7. The maximum absolute atomic E-state index is 11.4. The molecule has 5 heteroatoms. The van der Waals surface area contributed by atoms with Gasteiger partial charge in [-0.1, -0.05) is 12.0 Å². The fraction of sp³-hybridized carbons (Fsp3) is 0.500. The van der Waals surface area contributed by atoms with Gasteiger partial charge >= 0.3 is 5.97 Å². The van der Waals surface area contributed by atoms with Gasteiger partial charge in [0.25, 0.3) is 11.8 Å². The van der Waals surface area contributed by atoms with E-state index in [9.17, 15) is 14.4 Å². The standard InChI is InChI=1S/C10H13NO4/c1-4-5-8(12)15-11-9(13)6(2)7(3)10(11)14/h4-5H2,1-3H3. The van der Waals surface area contributed by atoms with Gasteiger partial charge in [0.2, 0.25) is 0 Å². The van der Waals surface area contributed by atoms with Crippen LogP contribution in [0.4, 0.5) is 0 Å². The molecule has 1 rings (SSSR count). The molecule has 0 aromatic heterocycles. The van der Waals surface area contributed by atoms with Crippen molar-refractivity contribution in [3.63, 3.8) is 0 Å². The number of carbonyl (C=O) groups is 3. The van der Waals surface area contributed by atoms with Crippen molar-refractivity contribution < 1.29 is 19.2 Å². The van der Waals surface area contributed by atoms with Gasteiger partial charge in [0.1, 0.15) is 0 Å². The third kappa shape index (κ3) is 2.06. The minimum atomic E-state index is -0.568. The van der Waals surface area contributed by atoms with E-state index in [-0.39, 0.29) is 6.42 Å². The number of hydrogen-bond donors (Lipinski definition) is 0. The first-order valence-electron chi connectivity index (χ1n) is 4.76. The zero-order valence-corrected chi connectivity index (χ0v) is 8.99. The first-order valence-corrected chi connectivity index (χ1v) is 4.76. The summed E-state index contributed by atoms with van der Waals surface area (Å²) in [4.78, 5) is 38.7. The summed E-state index contributed by atoms with van der Waals surface area (Å²) in [7, 11) is 0. The summed E-state index contributed by atoms with van der Waals surface area (Å²) in [5.41, 5.74) is 0.647.